The summed E-state index contributed by atoms with van der Waals surface area (Å²) in [4.78, 5) is 20.5. The Kier molecular flexibility index (Phi) is 3.92. The second kappa shape index (κ2) is 6.28. The summed E-state index contributed by atoms with van der Waals surface area (Å²) in [6.45, 7) is 1.99. The van der Waals surface area contributed by atoms with E-state index in [4.69, 9.17) is 16.5 Å². The number of carbonyl (C=O) groups excluding carboxylic acids is 1. The average Bonchev–Trinajstić information content (AvgIpc) is 3.04. The van der Waals surface area contributed by atoms with E-state index in [1.54, 1.807) is 0 Å². The van der Waals surface area contributed by atoms with Gasteiger partial charge in [-0.15, -0.1) is 0 Å². The zero-order valence-electron chi connectivity index (χ0n) is 15.2. The molecule has 0 radical (unpaired) electrons. The summed E-state index contributed by atoms with van der Waals surface area (Å²) >= 11 is 0. The second-order valence-electron chi connectivity index (χ2n) is 6.53. The van der Waals surface area contributed by atoms with Crippen LogP contribution in [0.5, 0.6) is 0 Å². The molecule has 1 amide bonds. The van der Waals surface area contributed by atoms with E-state index in [0.717, 1.165) is 27.8 Å². The maximum Gasteiger partial charge on any atom is 0.246 e. The molecule has 0 atom stereocenters. The molecule has 0 bridgehead atoms. The Morgan fingerprint density at radius 2 is 1.96 bits per heavy atom. The van der Waals surface area contributed by atoms with Gasteiger partial charge in [0.25, 0.3) is 0 Å². The Labute approximate surface area is 156 Å². The van der Waals surface area contributed by atoms with Gasteiger partial charge in [-0.25, -0.2) is 9.98 Å². The van der Waals surface area contributed by atoms with Gasteiger partial charge in [-0.05, 0) is 36.8 Å². The highest BCUT2D eigenvalue weighted by Gasteiger charge is 2.20. The van der Waals surface area contributed by atoms with Crippen LogP contribution in [-0.2, 0) is 11.8 Å². The van der Waals surface area contributed by atoms with Gasteiger partial charge in [0.2, 0.25) is 5.91 Å². The van der Waals surface area contributed by atoms with E-state index in [-0.39, 0.29) is 18.4 Å². The predicted octanol–water partition coefficient (Wildman–Crippen LogP) is 2.35. The molecule has 136 valence electrons. The van der Waals surface area contributed by atoms with Gasteiger partial charge in [-0.2, -0.15) is 0 Å². The van der Waals surface area contributed by atoms with E-state index in [1.807, 2.05) is 37.4 Å². The Morgan fingerprint density at radius 3 is 2.74 bits per heavy atom. The predicted molar refractivity (Wildman–Crippen MR) is 109 cm³/mol. The summed E-state index contributed by atoms with van der Waals surface area (Å²) in [6, 6.07) is 14.0. The van der Waals surface area contributed by atoms with Crippen molar-refractivity contribution >= 4 is 39.4 Å². The summed E-state index contributed by atoms with van der Waals surface area (Å²) < 4.78 is 2.11. The van der Waals surface area contributed by atoms with E-state index in [2.05, 4.69) is 33.9 Å². The van der Waals surface area contributed by atoms with Gasteiger partial charge in [-0.1, -0.05) is 18.2 Å². The standard InChI is InChI=1S/C20H20N6O/c1-11-13-5-3-4-6-16(13)26(2)19-18(11)14-9-12(7-8-15(14)25-19)24-17(27)10-23-20(21)22/h3-9H,10H2,1-2H3,(H,24,27)(H4,21,22,23). The third kappa shape index (κ3) is 2.83. The Balaban J connectivity index is 1.85. The van der Waals surface area contributed by atoms with E-state index >= 15 is 0 Å². The highest BCUT2D eigenvalue weighted by Crippen LogP contribution is 2.38. The average molecular weight is 360 g/mol. The van der Waals surface area contributed by atoms with Gasteiger partial charge in [0.15, 0.2) is 5.96 Å². The fourth-order valence-electron chi connectivity index (χ4n) is 3.51. The van der Waals surface area contributed by atoms with Crippen molar-refractivity contribution in [2.75, 3.05) is 11.9 Å². The zero-order chi connectivity index (χ0) is 19.1. The monoisotopic (exact) mass is 360 g/mol. The van der Waals surface area contributed by atoms with Gasteiger partial charge in [0.1, 0.15) is 12.4 Å². The van der Waals surface area contributed by atoms with Crippen molar-refractivity contribution in [2.45, 2.75) is 6.92 Å². The smallest absolute Gasteiger partial charge is 0.246 e. The number of hydrogen-bond acceptors (Lipinski definition) is 3. The minimum Gasteiger partial charge on any atom is -0.370 e. The quantitative estimate of drug-likeness (QED) is 0.384. The number of aliphatic imine (C=N–C) groups is 1. The number of hydrogen-bond donors (Lipinski definition) is 3. The molecule has 0 aliphatic carbocycles. The number of aromatic nitrogens is 2. The minimum atomic E-state index is -0.278. The number of amides is 1. The van der Waals surface area contributed by atoms with Crippen molar-refractivity contribution in [1.82, 2.24) is 9.55 Å². The number of pyridine rings is 1. The van der Waals surface area contributed by atoms with Crippen molar-refractivity contribution in [2.24, 2.45) is 23.5 Å². The van der Waals surface area contributed by atoms with Crippen LogP contribution in [0.3, 0.4) is 0 Å². The van der Waals surface area contributed by atoms with Gasteiger partial charge >= 0.3 is 0 Å². The van der Waals surface area contributed by atoms with Crippen molar-refractivity contribution in [1.29, 1.82) is 0 Å². The number of benzene rings is 2. The van der Waals surface area contributed by atoms with Crippen molar-refractivity contribution in [3.63, 3.8) is 0 Å². The first-order valence-corrected chi connectivity index (χ1v) is 8.58. The molecule has 2 aromatic carbocycles. The fraction of sp³-hybridized carbons (Fsp3) is 0.150. The fourth-order valence-corrected chi connectivity index (χ4v) is 3.51. The Hall–Kier alpha value is -3.61. The molecule has 2 heterocycles. The van der Waals surface area contributed by atoms with Crippen LogP contribution in [-0.4, -0.2) is 28.0 Å². The van der Waals surface area contributed by atoms with Gasteiger partial charge in [-0.3, -0.25) is 4.79 Å². The molecule has 2 aliphatic heterocycles. The molecule has 0 unspecified atom stereocenters. The van der Waals surface area contributed by atoms with Crippen molar-refractivity contribution < 1.29 is 4.79 Å². The van der Waals surface area contributed by atoms with Crippen LogP contribution < -0.4 is 16.8 Å². The van der Waals surface area contributed by atoms with E-state index in [1.165, 1.54) is 10.9 Å². The number of rotatable bonds is 3. The summed E-state index contributed by atoms with van der Waals surface area (Å²) in [6.07, 6.45) is 0. The molecule has 5 N–H and O–H groups in total. The maximum absolute atomic E-state index is 12.0. The van der Waals surface area contributed by atoms with E-state index in [0.29, 0.717) is 5.69 Å². The van der Waals surface area contributed by atoms with Crippen LogP contribution in [0.15, 0.2) is 47.5 Å². The van der Waals surface area contributed by atoms with Crippen LogP contribution in [0.4, 0.5) is 5.69 Å². The summed E-state index contributed by atoms with van der Waals surface area (Å²) in [5, 5.41) is 5.01. The summed E-state index contributed by atoms with van der Waals surface area (Å²) in [5.74, 6) is 0.534. The highest BCUT2D eigenvalue weighted by atomic mass is 16.1. The topological polar surface area (TPSA) is 111 Å². The molecule has 2 aromatic rings. The lowest BCUT2D eigenvalue weighted by Gasteiger charge is -2.15. The molecule has 7 heteroatoms. The van der Waals surface area contributed by atoms with E-state index < -0.39 is 0 Å². The molecule has 0 fully saturated rings. The number of nitrogens with one attached hydrogen (secondary N) is 1. The lowest BCUT2D eigenvalue weighted by Crippen LogP contribution is -2.25. The Bertz CT molecular complexity index is 1190. The van der Waals surface area contributed by atoms with Crippen LogP contribution in [0.2, 0.25) is 0 Å². The Morgan fingerprint density at radius 1 is 1.19 bits per heavy atom. The van der Waals surface area contributed by atoms with Gasteiger partial charge in [0.05, 0.1) is 5.52 Å². The third-order valence-electron chi connectivity index (χ3n) is 4.77. The second-order valence-corrected chi connectivity index (χ2v) is 6.53. The first-order chi connectivity index (χ1) is 13.0. The number of aryl methyl sites for hydroxylation is 2. The van der Waals surface area contributed by atoms with Crippen LogP contribution in [0, 0.1) is 6.92 Å². The molecule has 0 aromatic heterocycles. The van der Waals surface area contributed by atoms with Crippen molar-refractivity contribution in [3.05, 3.63) is 48.0 Å². The molecule has 27 heavy (non-hydrogen) atoms. The van der Waals surface area contributed by atoms with Gasteiger partial charge in [0, 0.05) is 34.6 Å². The molecular formula is C20H20N6O. The first kappa shape index (κ1) is 16.8. The highest BCUT2D eigenvalue weighted by molar-refractivity contribution is 6.05. The number of nitrogens with two attached hydrogens (primary N) is 2. The number of guanidine groups is 1. The molecule has 0 saturated carbocycles. The van der Waals surface area contributed by atoms with Crippen LogP contribution in [0.1, 0.15) is 5.56 Å². The van der Waals surface area contributed by atoms with Crippen LogP contribution >= 0.6 is 0 Å². The SMILES string of the molecule is Cc1c2c3cc(NC(=O)CN=C(N)N)ccc3nc-2n(C)c2ccccc12. The summed E-state index contributed by atoms with van der Waals surface area (Å²) in [5.41, 5.74) is 15.5. The van der Waals surface area contributed by atoms with Gasteiger partial charge < -0.3 is 21.4 Å². The minimum absolute atomic E-state index is 0.109. The lowest BCUT2D eigenvalue weighted by molar-refractivity contribution is -0.114. The van der Waals surface area contributed by atoms with Crippen LogP contribution in [0.25, 0.3) is 33.2 Å². The molecule has 4 rings (SSSR count). The first-order valence-electron chi connectivity index (χ1n) is 8.58. The number of para-hydroxylation sites is 1. The van der Waals surface area contributed by atoms with E-state index in [9.17, 15) is 4.79 Å². The number of nitrogens with zero attached hydrogens (tertiary/aromatic N) is 3. The molecule has 0 saturated heterocycles. The normalized spacial score (nSPS) is 11.2. The van der Waals surface area contributed by atoms with Crippen molar-refractivity contribution in [3.8, 4) is 11.4 Å². The molecule has 7 nitrogen and oxygen atoms in total. The molecular weight excluding hydrogens is 340 g/mol. The zero-order valence-corrected chi connectivity index (χ0v) is 15.2. The largest absolute Gasteiger partial charge is 0.370 e. The summed E-state index contributed by atoms with van der Waals surface area (Å²) in [7, 11) is 2.02. The third-order valence-corrected chi connectivity index (χ3v) is 4.77. The maximum atomic E-state index is 12.0. The number of anilines is 1. The number of carbonyl (C=O) groups is 1. The lowest BCUT2D eigenvalue weighted by atomic mass is 10.00. The number of fused-ring (bicyclic) bond motifs is 4. The molecule has 2 aliphatic rings. The molecule has 0 spiro atoms.